The summed E-state index contributed by atoms with van der Waals surface area (Å²) in [6, 6.07) is 3.96. The molecule has 0 aliphatic heterocycles. The first-order valence-corrected chi connectivity index (χ1v) is 7.15. The zero-order chi connectivity index (χ0) is 13.3. The Morgan fingerprint density at radius 2 is 1.89 bits per heavy atom. The van der Waals surface area contributed by atoms with E-state index in [2.05, 4.69) is 26.2 Å². The van der Waals surface area contributed by atoms with E-state index in [1.807, 2.05) is 32.9 Å². The molecule has 0 unspecified atom stereocenters. The van der Waals surface area contributed by atoms with E-state index in [9.17, 15) is 4.79 Å². The van der Waals surface area contributed by atoms with Crippen LogP contribution in [0.25, 0.3) is 0 Å². The number of anilines is 1. The zero-order valence-corrected chi connectivity index (χ0v) is 12.8. The highest BCUT2D eigenvalue weighted by Crippen LogP contribution is 2.25. The number of amides is 1. The van der Waals surface area contributed by atoms with Gasteiger partial charge >= 0.3 is 0 Å². The van der Waals surface area contributed by atoms with Gasteiger partial charge in [-0.2, -0.15) is 0 Å². The molecule has 1 aromatic carbocycles. The largest absolute Gasteiger partial charge is 0.320 e. The highest BCUT2D eigenvalue weighted by Gasteiger charge is 2.12. The molecule has 3 nitrogen and oxygen atoms in total. The summed E-state index contributed by atoms with van der Waals surface area (Å²) >= 11 is 4.91. The Morgan fingerprint density at radius 1 is 1.28 bits per heavy atom. The van der Waals surface area contributed by atoms with Crippen molar-refractivity contribution in [3.05, 3.63) is 43.8 Å². The monoisotopic (exact) mass is 324 g/mol. The fourth-order valence-electron chi connectivity index (χ4n) is 1.75. The summed E-state index contributed by atoms with van der Waals surface area (Å²) in [5, 5.41) is 5.58. The molecule has 0 spiro atoms. The first-order valence-electron chi connectivity index (χ1n) is 5.47. The van der Waals surface area contributed by atoms with Crippen molar-refractivity contribution in [2.24, 2.45) is 0 Å². The molecule has 0 bridgehead atoms. The van der Waals surface area contributed by atoms with Gasteiger partial charge in [0.25, 0.3) is 5.91 Å². The number of rotatable bonds is 2. The van der Waals surface area contributed by atoms with E-state index >= 15 is 0 Å². The standard InChI is InChI=1S/C13H13BrN2OS/c1-7-4-10(14)5-8(2)12(7)16-13(17)11-6-18-9(3)15-11/h4-6H,1-3H3,(H,16,17). The van der Waals surface area contributed by atoms with Gasteiger partial charge in [-0.3, -0.25) is 4.79 Å². The van der Waals surface area contributed by atoms with Crippen molar-refractivity contribution in [2.45, 2.75) is 20.8 Å². The summed E-state index contributed by atoms with van der Waals surface area (Å²) in [5.41, 5.74) is 3.39. The minimum atomic E-state index is -0.159. The van der Waals surface area contributed by atoms with Gasteiger partial charge in [0.1, 0.15) is 5.69 Å². The smallest absolute Gasteiger partial charge is 0.275 e. The second kappa shape index (κ2) is 5.20. The summed E-state index contributed by atoms with van der Waals surface area (Å²) in [5.74, 6) is -0.159. The van der Waals surface area contributed by atoms with Gasteiger partial charge in [0, 0.05) is 15.5 Å². The van der Waals surface area contributed by atoms with E-state index < -0.39 is 0 Å². The number of hydrogen-bond acceptors (Lipinski definition) is 3. The molecule has 5 heteroatoms. The van der Waals surface area contributed by atoms with E-state index in [4.69, 9.17) is 0 Å². The van der Waals surface area contributed by atoms with E-state index in [0.717, 1.165) is 26.3 Å². The molecule has 1 amide bonds. The van der Waals surface area contributed by atoms with Crippen LogP contribution in [-0.4, -0.2) is 10.9 Å². The van der Waals surface area contributed by atoms with Gasteiger partial charge in [0.2, 0.25) is 0 Å². The quantitative estimate of drug-likeness (QED) is 0.904. The molecule has 94 valence electrons. The highest BCUT2D eigenvalue weighted by atomic mass is 79.9. The summed E-state index contributed by atoms with van der Waals surface area (Å²) in [4.78, 5) is 16.2. The third-order valence-corrected chi connectivity index (χ3v) is 3.82. The van der Waals surface area contributed by atoms with Crippen LogP contribution in [-0.2, 0) is 0 Å². The third kappa shape index (κ3) is 2.79. The normalized spacial score (nSPS) is 10.4. The number of aromatic nitrogens is 1. The van der Waals surface area contributed by atoms with Crippen LogP contribution in [0.4, 0.5) is 5.69 Å². The number of carbonyl (C=O) groups excluding carboxylic acids is 1. The molecule has 0 radical (unpaired) electrons. The summed E-state index contributed by atoms with van der Waals surface area (Å²) in [7, 11) is 0. The number of benzene rings is 1. The van der Waals surface area contributed by atoms with Crippen LogP contribution in [0.3, 0.4) is 0 Å². The molecular formula is C13H13BrN2OS. The lowest BCUT2D eigenvalue weighted by Crippen LogP contribution is -2.14. The van der Waals surface area contributed by atoms with Gasteiger partial charge < -0.3 is 5.32 Å². The number of nitrogens with one attached hydrogen (secondary N) is 1. The number of carbonyl (C=O) groups is 1. The minimum absolute atomic E-state index is 0.159. The number of aryl methyl sites for hydroxylation is 3. The van der Waals surface area contributed by atoms with Crippen LogP contribution >= 0.6 is 27.3 Å². The summed E-state index contributed by atoms with van der Waals surface area (Å²) in [6.07, 6.45) is 0. The maximum absolute atomic E-state index is 12.0. The average Bonchev–Trinajstić information content (AvgIpc) is 2.70. The molecule has 0 saturated carbocycles. The molecule has 1 N–H and O–H groups in total. The van der Waals surface area contributed by atoms with Crippen LogP contribution < -0.4 is 5.32 Å². The minimum Gasteiger partial charge on any atom is -0.320 e. The van der Waals surface area contributed by atoms with Gasteiger partial charge in [0.15, 0.2) is 0 Å². The number of hydrogen-bond donors (Lipinski definition) is 1. The predicted octanol–water partition coefficient (Wildman–Crippen LogP) is 4.08. The SMILES string of the molecule is Cc1nc(C(=O)Nc2c(C)cc(Br)cc2C)cs1. The molecule has 18 heavy (non-hydrogen) atoms. The lowest BCUT2D eigenvalue weighted by Gasteiger charge is -2.11. The molecule has 0 fully saturated rings. The van der Waals surface area contributed by atoms with Gasteiger partial charge in [-0.15, -0.1) is 11.3 Å². The van der Waals surface area contributed by atoms with E-state index in [-0.39, 0.29) is 5.91 Å². The highest BCUT2D eigenvalue weighted by molar-refractivity contribution is 9.10. The maximum atomic E-state index is 12.0. The van der Waals surface area contributed by atoms with Crippen LogP contribution in [0, 0.1) is 20.8 Å². The van der Waals surface area contributed by atoms with Crippen LogP contribution in [0.1, 0.15) is 26.6 Å². The lowest BCUT2D eigenvalue weighted by atomic mass is 10.1. The molecule has 2 aromatic rings. The van der Waals surface area contributed by atoms with Gasteiger partial charge in [0.05, 0.1) is 5.01 Å². The second-order valence-electron chi connectivity index (χ2n) is 4.12. The number of thiazole rings is 1. The Balaban J connectivity index is 2.27. The van der Waals surface area contributed by atoms with Gasteiger partial charge in [-0.05, 0) is 44.0 Å². The number of nitrogens with zero attached hydrogens (tertiary/aromatic N) is 1. The Labute approximate surface area is 118 Å². The molecule has 0 aliphatic rings. The molecule has 0 atom stereocenters. The zero-order valence-electron chi connectivity index (χ0n) is 10.4. The van der Waals surface area contributed by atoms with Gasteiger partial charge in [-0.1, -0.05) is 15.9 Å². The van der Waals surface area contributed by atoms with E-state index in [1.165, 1.54) is 11.3 Å². The Kier molecular flexibility index (Phi) is 3.82. The van der Waals surface area contributed by atoms with Gasteiger partial charge in [-0.25, -0.2) is 4.98 Å². The van der Waals surface area contributed by atoms with Crippen molar-refractivity contribution in [3.63, 3.8) is 0 Å². The van der Waals surface area contributed by atoms with Crippen molar-refractivity contribution in [3.8, 4) is 0 Å². The van der Waals surface area contributed by atoms with Crippen LogP contribution in [0.5, 0.6) is 0 Å². The van der Waals surface area contributed by atoms with Crippen LogP contribution in [0.2, 0.25) is 0 Å². The first kappa shape index (κ1) is 13.2. The van der Waals surface area contributed by atoms with E-state index in [1.54, 1.807) is 5.38 Å². The molecule has 1 aromatic heterocycles. The molecule has 2 rings (SSSR count). The summed E-state index contributed by atoms with van der Waals surface area (Å²) in [6.45, 7) is 5.83. The Morgan fingerprint density at radius 3 is 2.39 bits per heavy atom. The van der Waals surface area contributed by atoms with Crippen molar-refractivity contribution in [1.82, 2.24) is 4.98 Å². The first-order chi connectivity index (χ1) is 8.47. The summed E-state index contributed by atoms with van der Waals surface area (Å²) < 4.78 is 1.01. The van der Waals surface area contributed by atoms with Crippen molar-refractivity contribution >= 4 is 38.9 Å². The maximum Gasteiger partial charge on any atom is 0.275 e. The fourth-order valence-corrected chi connectivity index (χ4v) is 3.03. The third-order valence-electron chi connectivity index (χ3n) is 2.59. The molecular weight excluding hydrogens is 312 g/mol. The topological polar surface area (TPSA) is 42.0 Å². The Hall–Kier alpha value is -1.20. The predicted molar refractivity (Wildman–Crippen MR) is 78.4 cm³/mol. The second-order valence-corrected chi connectivity index (χ2v) is 6.10. The lowest BCUT2D eigenvalue weighted by molar-refractivity contribution is 0.102. The molecule has 0 saturated heterocycles. The van der Waals surface area contributed by atoms with Crippen molar-refractivity contribution in [1.29, 1.82) is 0 Å². The van der Waals surface area contributed by atoms with Crippen molar-refractivity contribution < 1.29 is 4.79 Å². The number of halogens is 1. The Bertz CT molecular complexity index is 584. The fraction of sp³-hybridized carbons (Fsp3) is 0.231. The molecule has 1 heterocycles. The average molecular weight is 325 g/mol. The van der Waals surface area contributed by atoms with Crippen molar-refractivity contribution in [2.75, 3.05) is 5.32 Å². The van der Waals surface area contributed by atoms with E-state index in [0.29, 0.717) is 5.69 Å². The molecule has 0 aliphatic carbocycles. The van der Waals surface area contributed by atoms with Crippen LogP contribution in [0.15, 0.2) is 22.0 Å².